The van der Waals surface area contributed by atoms with Crippen molar-refractivity contribution in [3.8, 4) is 0 Å². The molecule has 2 saturated heterocycles. The van der Waals surface area contributed by atoms with E-state index in [2.05, 4.69) is 32.7 Å². The van der Waals surface area contributed by atoms with Gasteiger partial charge in [0.1, 0.15) is 12.1 Å². The molecule has 3 saturated carbocycles. The molecule has 9 atom stereocenters. The van der Waals surface area contributed by atoms with Crippen molar-refractivity contribution in [1.29, 1.82) is 0 Å². The average Bonchev–Trinajstić information content (AvgIpc) is 3.26. The van der Waals surface area contributed by atoms with Crippen molar-refractivity contribution in [1.82, 2.24) is 4.90 Å². The quantitative estimate of drug-likeness (QED) is 0.286. The SMILES string of the molecule is C.CC1=C2CC3C(CCC4CC(=O)CCC43C)C2CCC2(C1)OC1CCCN(C)C1C2C.CC=O. The van der Waals surface area contributed by atoms with Gasteiger partial charge >= 0.3 is 0 Å². The standard InChI is InChI=1S/C28H43NO2.C2H4O.CH4/c1-17-16-28(18(2)26-25(31-28)6-5-13-29(26)4)12-10-21-22-8-7-19-14-20(30)9-11-27(19,3)24(22)15-23(17)21;1-2-3;/h18-19,21-22,24-26H,5-16H2,1-4H3;2H,1H3;1H4. The molecule has 0 N–H and O–H groups in total. The Kier molecular flexibility index (Phi) is 7.76. The summed E-state index contributed by atoms with van der Waals surface area (Å²) in [7, 11) is 2.32. The summed E-state index contributed by atoms with van der Waals surface area (Å²) in [6, 6.07) is 0.617. The zero-order chi connectivity index (χ0) is 24.3. The number of fused-ring (bicyclic) bond motifs is 6. The highest BCUT2D eigenvalue weighted by atomic mass is 16.5. The zero-order valence-electron chi connectivity index (χ0n) is 22.3. The van der Waals surface area contributed by atoms with Gasteiger partial charge in [0, 0.05) is 24.8 Å². The van der Waals surface area contributed by atoms with Crippen molar-refractivity contribution < 1.29 is 14.3 Å². The molecule has 0 amide bonds. The number of ketones is 1. The second-order valence-electron chi connectivity index (χ2n) is 13.0. The van der Waals surface area contributed by atoms with Crippen LogP contribution < -0.4 is 0 Å². The topological polar surface area (TPSA) is 46.6 Å². The monoisotopic (exact) mass is 485 g/mol. The van der Waals surface area contributed by atoms with Crippen LogP contribution in [0.4, 0.5) is 0 Å². The third-order valence-electron chi connectivity index (χ3n) is 11.6. The van der Waals surface area contributed by atoms with E-state index in [1.807, 2.05) is 5.57 Å². The smallest absolute Gasteiger partial charge is 0.133 e. The van der Waals surface area contributed by atoms with Crippen LogP contribution >= 0.6 is 0 Å². The first kappa shape index (κ1) is 27.0. The molecule has 0 aromatic carbocycles. The molecular weight excluding hydrogens is 434 g/mol. The number of hydrogen-bond acceptors (Lipinski definition) is 4. The Morgan fingerprint density at radius 3 is 2.57 bits per heavy atom. The second kappa shape index (κ2) is 10.0. The Morgan fingerprint density at radius 1 is 1.11 bits per heavy atom. The molecule has 9 unspecified atom stereocenters. The van der Waals surface area contributed by atoms with E-state index in [9.17, 15) is 4.79 Å². The molecule has 0 radical (unpaired) electrons. The summed E-state index contributed by atoms with van der Waals surface area (Å²) >= 11 is 0. The number of likely N-dealkylation sites (N-methyl/N-ethyl adjacent to an activating group) is 1. The molecule has 2 heterocycles. The zero-order valence-corrected chi connectivity index (χ0v) is 22.3. The van der Waals surface area contributed by atoms with Crippen LogP contribution in [-0.4, -0.2) is 48.3 Å². The minimum Gasteiger partial charge on any atom is -0.369 e. The van der Waals surface area contributed by atoms with Gasteiger partial charge < -0.3 is 14.4 Å². The first-order chi connectivity index (χ1) is 16.2. The van der Waals surface area contributed by atoms with Crippen LogP contribution in [0.25, 0.3) is 0 Å². The summed E-state index contributed by atoms with van der Waals surface area (Å²) in [5.41, 5.74) is 3.98. The predicted octanol–water partition coefficient (Wildman–Crippen LogP) is 6.62. The Hall–Kier alpha value is -1.00. The predicted molar refractivity (Wildman–Crippen MR) is 142 cm³/mol. The summed E-state index contributed by atoms with van der Waals surface area (Å²) in [4.78, 5) is 23.6. The molecule has 4 heteroatoms. The highest BCUT2D eigenvalue weighted by molar-refractivity contribution is 5.79. The van der Waals surface area contributed by atoms with Gasteiger partial charge in [-0.25, -0.2) is 0 Å². The molecule has 6 rings (SSSR count). The Bertz CT molecular complexity index is 850. The molecule has 198 valence electrons. The maximum atomic E-state index is 12.2. The molecule has 1 spiro atoms. The third-order valence-corrected chi connectivity index (χ3v) is 11.6. The molecule has 2 aliphatic heterocycles. The Balaban J connectivity index is 0.000000689. The fourth-order valence-electron chi connectivity index (χ4n) is 9.86. The van der Waals surface area contributed by atoms with Crippen LogP contribution in [-0.2, 0) is 14.3 Å². The van der Waals surface area contributed by atoms with E-state index in [1.54, 1.807) is 5.57 Å². The number of aldehydes is 1. The fourth-order valence-corrected chi connectivity index (χ4v) is 9.86. The average molecular weight is 486 g/mol. The fraction of sp³-hybridized carbons (Fsp3) is 0.871. The lowest BCUT2D eigenvalue weighted by atomic mass is 9.52. The van der Waals surface area contributed by atoms with E-state index in [-0.39, 0.29) is 13.0 Å². The van der Waals surface area contributed by atoms with Gasteiger partial charge in [0.2, 0.25) is 0 Å². The van der Waals surface area contributed by atoms with Gasteiger partial charge in [-0.15, -0.1) is 0 Å². The van der Waals surface area contributed by atoms with Crippen LogP contribution in [0.2, 0.25) is 0 Å². The van der Waals surface area contributed by atoms with Crippen molar-refractivity contribution in [2.24, 2.45) is 35.0 Å². The molecule has 35 heavy (non-hydrogen) atoms. The number of carbonyl (C=O) groups excluding carboxylic acids is 2. The van der Waals surface area contributed by atoms with Gasteiger partial charge in [0.25, 0.3) is 0 Å². The summed E-state index contributed by atoms with van der Waals surface area (Å²) < 4.78 is 7.03. The van der Waals surface area contributed by atoms with Gasteiger partial charge in [-0.05, 0) is 114 Å². The summed E-state index contributed by atoms with van der Waals surface area (Å²) in [5.74, 6) is 4.28. The first-order valence-electron chi connectivity index (χ1n) is 14.2. The number of piperidine rings is 1. The molecule has 4 nitrogen and oxygen atoms in total. The van der Waals surface area contributed by atoms with Crippen molar-refractivity contribution >= 4 is 12.1 Å². The van der Waals surface area contributed by atoms with E-state index < -0.39 is 0 Å². The lowest BCUT2D eigenvalue weighted by molar-refractivity contribution is -0.129. The highest BCUT2D eigenvalue weighted by Gasteiger charge is 2.59. The van der Waals surface area contributed by atoms with E-state index in [4.69, 9.17) is 9.53 Å². The van der Waals surface area contributed by atoms with Crippen LogP contribution in [0.15, 0.2) is 11.1 Å². The van der Waals surface area contributed by atoms with E-state index >= 15 is 0 Å². The van der Waals surface area contributed by atoms with Crippen LogP contribution in [0.5, 0.6) is 0 Å². The number of likely N-dealkylation sites (tertiary alicyclic amines) is 1. The van der Waals surface area contributed by atoms with Crippen molar-refractivity contribution in [3.05, 3.63) is 11.1 Å². The van der Waals surface area contributed by atoms with Crippen LogP contribution in [0.1, 0.15) is 106 Å². The number of Topliss-reactive ketones (excluding diaryl/α,β-unsaturated/α-hetero) is 1. The highest BCUT2D eigenvalue weighted by Crippen LogP contribution is 2.65. The van der Waals surface area contributed by atoms with E-state index in [1.165, 1.54) is 64.8 Å². The van der Waals surface area contributed by atoms with Gasteiger partial charge in [0.05, 0.1) is 11.7 Å². The number of allylic oxidation sites excluding steroid dienone is 1. The van der Waals surface area contributed by atoms with E-state index in [0.29, 0.717) is 35.2 Å². The van der Waals surface area contributed by atoms with Crippen LogP contribution in [0.3, 0.4) is 0 Å². The molecule has 0 bridgehead atoms. The summed E-state index contributed by atoms with van der Waals surface area (Å²) in [6.07, 6.45) is 14.3. The maximum Gasteiger partial charge on any atom is 0.133 e. The second-order valence-corrected chi connectivity index (χ2v) is 13.0. The van der Waals surface area contributed by atoms with Gasteiger partial charge in [0.15, 0.2) is 0 Å². The van der Waals surface area contributed by atoms with Gasteiger partial charge in [-0.1, -0.05) is 32.4 Å². The third kappa shape index (κ3) is 4.29. The van der Waals surface area contributed by atoms with E-state index in [0.717, 1.165) is 43.3 Å². The lowest BCUT2D eigenvalue weighted by Crippen LogP contribution is -2.47. The minimum atomic E-state index is 0. The normalized spacial score (nSPS) is 46.9. The van der Waals surface area contributed by atoms with Crippen molar-refractivity contribution in [2.75, 3.05) is 13.6 Å². The Labute approximate surface area is 214 Å². The number of rotatable bonds is 0. The van der Waals surface area contributed by atoms with Crippen molar-refractivity contribution in [2.45, 2.75) is 123 Å². The lowest BCUT2D eigenvalue weighted by Gasteiger charge is -2.52. The largest absolute Gasteiger partial charge is 0.369 e. The maximum absolute atomic E-state index is 12.2. The van der Waals surface area contributed by atoms with Gasteiger partial charge in [-0.2, -0.15) is 0 Å². The number of nitrogens with zero attached hydrogens (tertiary/aromatic N) is 1. The molecule has 6 aliphatic rings. The molecular formula is C31H51NO3. The first-order valence-corrected chi connectivity index (χ1v) is 14.2. The van der Waals surface area contributed by atoms with Crippen molar-refractivity contribution in [3.63, 3.8) is 0 Å². The number of carbonyl (C=O) groups is 2. The van der Waals surface area contributed by atoms with Gasteiger partial charge in [-0.3, -0.25) is 4.79 Å². The molecule has 5 fully saturated rings. The molecule has 0 aromatic heterocycles. The summed E-state index contributed by atoms with van der Waals surface area (Å²) in [5, 5.41) is 0. The minimum absolute atomic E-state index is 0. The number of hydrogen-bond donors (Lipinski definition) is 0. The molecule has 4 aliphatic carbocycles. The number of ether oxygens (including phenoxy) is 1. The molecule has 0 aromatic rings. The van der Waals surface area contributed by atoms with Crippen LogP contribution in [0, 0.1) is 35.0 Å². The summed E-state index contributed by atoms with van der Waals surface area (Å²) in [6.45, 7) is 10.2. The Morgan fingerprint density at radius 2 is 1.86 bits per heavy atom.